The molecule has 1 N–H and O–H groups in total. The highest BCUT2D eigenvalue weighted by molar-refractivity contribution is 7.20. The number of carbonyl (C=O) groups is 1. The van der Waals surface area contributed by atoms with Gasteiger partial charge in [-0.15, -0.1) is 11.3 Å². The van der Waals surface area contributed by atoms with Gasteiger partial charge in [-0.1, -0.05) is 24.3 Å². The molecular formula is C23H21N3O3S. The molecule has 152 valence electrons. The van der Waals surface area contributed by atoms with Gasteiger partial charge >= 0.3 is 0 Å². The van der Waals surface area contributed by atoms with Crippen LogP contribution in [0.2, 0.25) is 0 Å². The van der Waals surface area contributed by atoms with E-state index in [4.69, 9.17) is 9.47 Å². The van der Waals surface area contributed by atoms with Crippen LogP contribution in [0.4, 0.5) is 0 Å². The largest absolute Gasteiger partial charge is 0.454 e. The number of fused-ring (bicyclic) bond motifs is 4. The topological polar surface area (TPSA) is 64.8 Å². The molecule has 30 heavy (non-hydrogen) atoms. The fourth-order valence-corrected chi connectivity index (χ4v) is 4.76. The number of hydrogen-bond donors (Lipinski definition) is 1. The molecule has 5 rings (SSSR count). The maximum absolute atomic E-state index is 12.6. The predicted octanol–water partition coefficient (Wildman–Crippen LogP) is 4.86. The Balaban J connectivity index is 1.26. The van der Waals surface area contributed by atoms with Gasteiger partial charge < -0.3 is 14.0 Å². The third-order valence-corrected chi connectivity index (χ3v) is 6.57. The molecule has 0 saturated carbocycles. The number of nitrogens with one attached hydrogen (secondary N) is 1. The second-order valence-electron chi connectivity index (χ2n) is 7.38. The normalized spacial score (nSPS) is 13.3. The first-order chi connectivity index (χ1) is 14.6. The fourth-order valence-electron chi connectivity index (χ4n) is 3.72. The Morgan fingerprint density at radius 1 is 1.13 bits per heavy atom. The number of hydrazone groups is 1. The number of hydrogen-bond acceptors (Lipinski definition) is 5. The highest BCUT2D eigenvalue weighted by atomic mass is 32.1. The zero-order valence-corrected chi connectivity index (χ0v) is 17.6. The Hall–Kier alpha value is -3.32. The van der Waals surface area contributed by atoms with Crippen LogP contribution in [-0.4, -0.2) is 23.0 Å². The summed E-state index contributed by atoms with van der Waals surface area (Å²) in [4.78, 5) is 14.4. The van der Waals surface area contributed by atoms with Gasteiger partial charge in [0.15, 0.2) is 11.5 Å². The predicted molar refractivity (Wildman–Crippen MR) is 120 cm³/mol. The lowest BCUT2D eigenvalue weighted by Gasteiger charge is -2.04. The number of para-hydroxylation sites is 1. The van der Waals surface area contributed by atoms with E-state index in [0.29, 0.717) is 4.88 Å². The quantitative estimate of drug-likeness (QED) is 0.371. The minimum atomic E-state index is -0.178. The summed E-state index contributed by atoms with van der Waals surface area (Å²) in [6.45, 7) is 2.20. The van der Waals surface area contributed by atoms with Crippen LogP contribution in [0.25, 0.3) is 21.1 Å². The summed E-state index contributed by atoms with van der Waals surface area (Å²) < 4.78 is 12.9. The van der Waals surface area contributed by atoms with Gasteiger partial charge in [-0.05, 0) is 49.6 Å². The van der Waals surface area contributed by atoms with Crippen molar-refractivity contribution in [3.05, 3.63) is 59.0 Å². The number of rotatable bonds is 5. The molecule has 0 atom stereocenters. The van der Waals surface area contributed by atoms with E-state index in [1.165, 1.54) is 16.9 Å². The number of benzene rings is 2. The van der Waals surface area contributed by atoms with Gasteiger partial charge in [0, 0.05) is 29.0 Å². The van der Waals surface area contributed by atoms with Crippen molar-refractivity contribution in [2.45, 2.75) is 19.8 Å². The van der Waals surface area contributed by atoms with Crippen molar-refractivity contribution in [3.8, 4) is 11.5 Å². The number of aromatic nitrogens is 1. The Labute approximate surface area is 177 Å². The monoisotopic (exact) mass is 419 g/mol. The number of nitrogens with zero attached hydrogens (tertiary/aromatic N) is 2. The fraction of sp³-hybridized carbons (Fsp3) is 0.217. The lowest BCUT2D eigenvalue weighted by Crippen LogP contribution is -2.18. The number of thiophene rings is 1. The summed E-state index contributed by atoms with van der Waals surface area (Å²) >= 11 is 1.49. The Morgan fingerprint density at radius 2 is 1.97 bits per heavy atom. The highest BCUT2D eigenvalue weighted by Gasteiger charge is 2.16. The standard InChI is InChI=1S/C23H21N3O3S/c1-14(7-8-15-9-10-19-20(11-15)29-13-28-19)24-25-22(27)21-12-17-16-5-3-4-6-18(16)26(2)23(17)30-21/h3-6,9-12H,7-8,13H2,1-2H3,(H,25,27). The lowest BCUT2D eigenvalue weighted by molar-refractivity contribution is 0.0959. The smallest absolute Gasteiger partial charge is 0.281 e. The van der Waals surface area contributed by atoms with E-state index in [-0.39, 0.29) is 12.7 Å². The second kappa shape index (κ2) is 7.50. The second-order valence-corrected chi connectivity index (χ2v) is 8.41. The van der Waals surface area contributed by atoms with Crippen molar-refractivity contribution < 1.29 is 14.3 Å². The third-order valence-electron chi connectivity index (χ3n) is 5.36. The van der Waals surface area contributed by atoms with Crippen molar-refractivity contribution >= 4 is 44.1 Å². The van der Waals surface area contributed by atoms with Gasteiger partial charge in [0.2, 0.25) is 6.79 Å². The molecule has 0 aliphatic carbocycles. The zero-order valence-electron chi connectivity index (χ0n) is 16.8. The summed E-state index contributed by atoms with van der Waals surface area (Å²) in [6, 6.07) is 16.1. The number of ether oxygens (including phenoxy) is 2. The summed E-state index contributed by atoms with van der Waals surface area (Å²) in [6.07, 6.45) is 1.56. The van der Waals surface area contributed by atoms with Crippen LogP contribution in [0, 0.1) is 0 Å². The molecule has 3 heterocycles. The SMILES string of the molecule is CC(CCc1ccc2c(c1)OCO2)=NNC(=O)c1cc2c3ccccc3n(C)c2s1. The average molecular weight is 420 g/mol. The molecule has 0 radical (unpaired) electrons. The van der Waals surface area contributed by atoms with Crippen LogP contribution in [0.1, 0.15) is 28.6 Å². The summed E-state index contributed by atoms with van der Waals surface area (Å²) in [5.74, 6) is 1.39. The van der Waals surface area contributed by atoms with E-state index < -0.39 is 0 Å². The van der Waals surface area contributed by atoms with Crippen LogP contribution < -0.4 is 14.9 Å². The van der Waals surface area contributed by atoms with Crippen LogP contribution in [0.5, 0.6) is 11.5 Å². The average Bonchev–Trinajstić information content (AvgIpc) is 3.47. The Kier molecular flexibility index (Phi) is 4.67. The first-order valence-electron chi connectivity index (χ1n) is 9.79. The molecule has 0 unspecified atom stereocenters. The van der Waals surface area contributed by atoms with E-state index >= 15 is 0 Å². The van der Waals surface area contributed by atoms with Crippen molar-refractivity contribution in [2.75, 3.05) is 6.79 Å². The maximum Gasteiger partial charge on any atom is 0.281 e. The Bertz CT molecular complexity index is 1300. The van der Waals surface area contributed by atoms with Gasteiger partial charge in [-0.25, -0.2) is 5.43 Å². The highest BCUT2D eigenvalue weighted by Crippen LogP contribution is 2.34. The molecule has 2 aromatic heterocycles. The first kappa shape index (κ1) is 18.7. The molecule has 0 spiro atoms. The molecular weight excluding hydrogens is 398 g/mol. The van der Waals surface area contributed by atoms with Gasteiger partial charge in [0.25, 0.3) is 5.91 Å². The van der Waals surface area contributed by atoms with Gasteiger partial charge in [0.1, 0.15) is 4.83 Å². The van der Waals surface area contributed by atoms with Crippen molar-refractivity contribution in [3.63, 3.8) is 0 Å². The number of aryl methyl sites for hydroxylation is 2. The van der Waals surface area contributed by atoms with Crippen molar-refractivity contribution in [1.29, 1.82) is 0 Å². The van der Waals surface area contributed by atoms with Gasteiger partial charge in [0.05, 0.1) is 4.88 Å². The van der Waals surface area contributed by atoms with Gasteiger partial charge in [-0.3, -0.25) is 4.79 Å². The van der Waals surface area contributed by atoms with Crippen molar-refractivity contribution in [1.82, 2.24) is 9.99 Å². The molecule has 0 bridgehead atoms. The van der Waals surface area contributed by atoms with Crippen LogP contribution in [-0.2, 0) is 13.5 Å². The summed E-state index contributed by atoms with van der Waals surface area (Å²) in [5.41, 5.74) is 5.89. The lowest BCUT2D eigenvalue weighted by atomic mass is 10.1. The van der Waals surface area contributed by atoms with Crippen LogP contribution in [0.3, 0.4) is 0 Å². The minimum absolute atomic E-state index is 0.178. The van der Waals surface area contributed by atoms with E-state index in [9.17, 15) is 4.79 Å². The Morgan fingerprint density at radius 3 is 2.87 bits per heavy atom. The van der Waals surface area contributed by atoms with Crippen LogP contribution >= 0.6 is 11.3 Å². The summed E-state index contributed by atoms with van der Waals surface area (Å²) in [5, 5.41) is 6.55. The first-order valence-corrected chi connectivity index (χ1v) is 10.6. The molecule has 2 aromatic carbocycles. The summed E-state index contributed by atoms with van der Waals surface area (Å²) in [7, 11) is 2.03. The number of amides is 1. The molecule has 4 aromatic rings. The van der Waals surface area contributed by atoms with Gasteiger partial charge in [-0.2, -0.15) is 5.10 Å². The van der Waals surface area contributed by atoms with E-state index in [1.807, 2.05) is 50.4 Å². The van der Waals surface area contributed by atoms with Crippen molar-refractivity contribution in [2.24, 2.45) is 12.1 Å². The third kappa shape index (κ3) is 3.31. The molecule has 6 nitrogen and oxygen atoms in total. The maximum atomic E-state index is 12.6. The van der Waals surface area contributed by atoms with Crippen LogP contribution in [0.15, 0.2) is 53.6 Å². The van der Waals surface area contributed by atoms with E-state index in [1.54, 1.807) is 0 Å². The number of carbonyl (C=O) groups excluding carboxylic acids is 1. The molecule has 1 aliphatic rings. The van der Waals surface area contributed by atoms with E-state index in [0.717, 1.165) is 51.2 Å². The van der Waals surface area contributed by atoms with E-state index in [2.05, 4.69) is 27.2 Å². The molecule has 0 saturated heterocycles. The molecule has 1 amide bonds. The molecule has 1 aliphatic heterocycles. The molecule has 0 fully saturated rings. The zero-order chi connectivity index (χ0) is 20.7. The minimum Gasteiger partial charge on any atom is -0.454 e. The molecule has 7 heteroatoms.